The van der Waals surface area contributed by atoms with E-state index in [-0.39, 0.29) is 17.6 Å². The highest BCUT2D eigenvalue weighted by molar-refractivity contribution is 7.91. The average molecular weight is 284 g/mol. The smallest absolute Gasteiger partial charge is 0.153 e. The van der Waals surface area contributed by atoms with Gasteiger partial charge in [0.15, 0.2) is 9.84 Å². The van der Waals surface area contributed by atoms with Crippen molar-refractivity contribution in [3.8, 4) is 5.75 Å². The number of nitrogens with two attached hydrogens (primary N) is 1. The van der Waals surface area contributed by atoms with Crippen LogP contribution in [0.3, 0.4) is 0 Å². The quantitative estimate of drug-likeness (QED) is 0.847. The van der Waals surface area contributed by atoms with E-state index in [4.69, 9.17) is 10.5 Å². The van der Waals surface area contributed by atoms with Crippen LogP contribution in [0.4, 0.5) is 11.4 Å². The van der Waals surface area contributed by atoms with Gasteiger partial charge in [0, 0.05) is 24.8 Å². The van der Waals surface area contributed by atoms with Crippen LogP contribution in [0.5, 0.6) is 5.75 Å². The van der Waals surface area contributed by atoms with Crippen molar-refractivity contribution in [2.45, 2.75) is 20.0 Å². The van der Waals surface area contributed by atoms with Crippen molar-refractivity contribution in [1.82, 2.24) is 0 Å². The van der Waals surface area contributed by atoms with Crippen LogP contribution in [0.15, 0.2) is 18.2 Å². The first-order valence-corrected chi connectivity index (χ1v) is 8.21. The van der Waals surface area contributed by atoms with Gasteiger partial charge < -0.3 is 15.4 Å². The number of sulfone groups is 1. The molecular weight excluding hydrogens is 264 g/mol. The number of ether oxygens (including phenoxy) is 1. The Morgan fingerprint density at radius 3 is 2.47 bits per heavy atom. The lowest BCUT2D eigenvalue weighted by Crippen LogP contribution is -2.40. The standard InChI is InChI=1S/C13H20N2O3S/c1-10(2)18-13-9-11(3-4-12(13)14)15-5-7-19(16,17)8-6-15/h3-4,9-10H,5-8,14H2,1-2H3. The van der Waals surface area contributed by atoms with Crippen molar-refractivity contribution < 1.29 is 13.2 Å². The largest absolute Gasteiger partial charge is 0.489 e. The van der Waals surface area contributed by atoms with Crippen LogP contribution in [0.1, 0.15) is 13.8 Å². The summed E-state index contributed by atoms with van der Waals surface area (Å²) in [5.74, 6) is 1.07. The Morgan fingerprint density at radius 1 is 1.26 bits per heavy atom. The first-order valence-electron chi connectivity index (χ1n) is 6.39. The second-order valence-electron chi connectivity index (χ2n) is 5.03. The summed E-state index contributed by atoms with van der Waals surface area (Å²) in [6.45, 7) is 4.93. The molecule has 0 amide bonds. The number of rotatable bonds is 3. The van der Waals surface area contributed by atoms with Crippen molar-refractivity contribution in [1.29, 1.82) is 0 Å². The highest BCUT2D eigenvalue weighted by Crippen LogP contribution is 2.29. The molecule has 0 atom stereocenters. The maximum Gasteiger partial charge on any atom is 0.153 e. The van der Waals surface area contributed by atoms with Gasteiger partial charge in [0.25, 0.3) is 0 Å². The minimum atomic E-state index is -2.86. The second kappa shape index (κ2) is 5.28. The van der Waals surface area contributed by atoms with E-state index in [9.17, 15) is 8.42 Å². The fraction of sp³-hybridized carbons (Fsp3) is 0.538. The van der Waals surface area contributed by atoms with Gasteiger partial charge in [0.2, 0.25) is 0 Å². The SMILES string of the molecule is CC(C)Oc1cc(N2CCS(=O)(=O)CC2)ccc1N. The van der Waals surface area contributed by atoms with Crippen LogP contribution in [0, 0.1) is 0 Å². The minimum Gasteiger partial charge on any atom is -0.489 e. The molecule has 2 rings (SSSR count). The summed E-state index contributed by atoms with van der Waals surface area (Å²) in [6.07, 6.45) is 0.0549. The molecule has 1 saturated heterocycles. The predicted molar refractivity (Wildman–Crippen MR) is 77.5 cm³/mol. The van der Waals surface area contributed by atoms with Gasteiger partial charge in [0.05, 0.1) is 23.3 Å². The number of nitrogen functional groups attached to an aromatic ring is 1. The molecule has 106 valence electrons. The van der Waals surface area contributed by atoms with Crippen molar-refractivity contribution in [2.75, 3.05) is 35.2 Å². The van der Waals surface area contributed by atoms with Crippen molar-refractivity contribution >= 4 is 21.2 Å². The Hall–Kier alpha value is -1.43. The number of nitrogens with zero attached hydrogens (tertiary/aromatic N) is 1. The Balaban J connectivity index is 2.17. The first-order chi connectivity index (χ1) is 8.87. The van der Waals surface area contributed by atoms with Gasteiger partial charge in [0.1, 0.15) is 5.75 Å². The molecule has 0 unspecified atom stereocenters. The van der Waals surface area contributed by atoms with Crippen LogP contribution in [-0.2, 0) is 9.84 Å². The van der Waals surface area contributed by atoms with E-state index in [1.807, 2.05) is 30.9 Å². The Morgan fingerprint density at radius 2 is 1.89 bits per heavy atom. The fourth-order valence-electron chi connectivity index (χ4n) is 2.05. The number of hydrogen-bond acceptors (Lipinski definition) is 5. The molecule has 0 aromatic heterocycles. The Labute approximate surface area is 114 Å². The summed E-state index contributed by atoms with van der Waals surface area (Å²) in [6, 6.07) is 5.59. The summed E-state index contributed by atoms with van der Waals surface area (Å²) in [4.78, 5) is 2.05. The summed E-state index contributed by atoms with van der Waals surface area (Å²) < 4.78 is 28.5. The molecule has 1 heterocycles. The summed E-state index contributed by atoms with van der Waals surface area (Å²) in [5.41, 5.74) is 7.43. The van der Waals surface area contributed by atoms with Crippen LogP contribution in [-0.4, -0.2) is 39.1 Å². The van der Waals surface area contributed by atoms with E-state index < -0.39 is 9.84 Å². The van der Waals surface area contributed by atoms with Gasteiger partial charge >= 0.3 is 0 Å². The predicted octanol–water partition coefficient (Wildman–Crippen LogP) is 1.29. The monoisotopic (exact) mass is 284 g/mol. The third kappa shape index (κ3) is 3.53. The molecule has 0 spiro atoms. The maximum absolute atomic E-state index is 11.4. The van der Waals surface area contributed by atoms with Crippen LogP contribution >= 0.6 is 0 Å². The van der Waals surface area contributed by atoms with E-state index in [0.29, 0.717) is 24.5 Å². The topological polar surface area (TPSA) is 72.6 Å². The zero-order valence-corrected chi connectivity index (χ0v) is 12.1. The molecule has 2 N–H and O–H groups in total. The highest BCUT2D eigenvalue weighted by atomic mass is 32.2. The summed E-state index contributed by atoms with van der Waals surface area (Å²) in [5, 5.41) is 0. The molecule has 1 aromatic rings. The van der Waals surface area contributed by atoms with E-state index in [1.54, 1.807) is 6.07 Å². The van der Waals surface area contributed by atoms with Crippen molar-refractivity contribution in [2.24, 2.45) is 0 Å². The molecule has 1 aromatic carbocycles. The lowest BCUT2D eigenvalue weighted by molar-refractivity contribution is 0.244. The molecule has 19 heavy (non-hydrogen) atoms. The lowest BCUT2D eigenvalue weighted by atomic mass is 10.2. The van der Waals surface area contributed by atoms with E-state index in [0.717, 1.165) is 5.69 Å². The number of hydrogen-bond donors (Lipinski definition) is 1. The number of anilines is 2. The van der Waals surface area contributed by atoms with Crippen LogP contribution < -0.4 is 15.4 Å². The Kier molecular flexibility index (Phi) is 3.89. The molecule has 0 radical (unpaired) electrons. The normalized spacial score (nSPS) is 18.6. The first kappa shape index (κ1) is 14.0. The molecule has 1 fully saturated rings. The summed E-state index contributed by atoms with van der Waals surface area (Å²) in [7, 11) is -2.86. The molecule has 5 nitrogen and oxygen atoms in total. The van der Waals surface area contributed by atoms with Gasteiger partial charge in [-0.25, -0.2) is 8.42 Å². The second-order valence-corrected chi connectivity index (χ2v) is 7.33. The highest BCUT2D eigenvalue weighted by Gasteiger charge is 2.22. The van der Waals surface area contributed by atoms with E-state index >= 15 is 0 Å². The lowest BCUT2D eigenvalue weighted by Gasteiger charge is -2.29. The van der Waals surface area contributed by atoms with Crippen LogP contribution in [0.2, 0.25) is 0 Å². The third-order valence-corrected chi connectivity index (χ3v) is 4.68. The van der Waals surface area contributed by atoms with E-state index in [1.165, 1.54) is 0 Å². The molecule has 1 aliphatic rings. The molecular formula is C13H20N2O3S. The number of benzene rings is 1. The molecule has 6 heteroatoms. The van der Waals surface area contributed by atoms with Gasteiger partial charge in [-0.15, -0.1) is 0 Å². The third-order valence-electron chi connectivity index (χ3n) is 3.07. The van der Waals surface area contributed by atoms with Crippen molar-refractivity contribution in [3.05, 3.63) is 18.2 Å². The molecule has 0 bridgehead atoms. The van der Waals surface area contributed by atoms with Crippen molar-refractivity contribution in [3.63, 3.8) is 0 Å². The van der Waals surface area contributed by atoms with Gasteiger partial charge in [-0.05, 0) is 26.0 Å². The zero-order valence-electron chi connectivity index (χ0n) is 11.3. The fourth-order valence-corrected chi connectivity index (χ4v) is 3.25. The maximum atomic E-state index is 11.4. The average Bonchev–Trinajstić information content (AvgIpc) is 2.32. The van der Waals surface area contributed by atoms with Gasteiger partial charge in [-0.1, -0.05) is 0 Å². The zero-order chi connectivity index (χ0) is 14.0. The Bertz CT molecular complexity index is 541. The van der Waals surface area contributed by atoms with Gasteiger partial charge in [-0.2, -0.15) is 0 Å². The van der Waals surface area contributed by atoms with Gasteiger partial charge in [-0.3, -0.25) is 0 Å². The minimum absolute atomic E-state index is 0.0549. The summed E-state index contributed by atoms with van der Waals surface area (Å²) >= 11 is 0. The molecule has 1 aliphatic heterocycles. The molecule has 0 aliphatic carbocycles. The van der Waals surface area contributed by atoms with Crippen LogP contribution in [0.25, 0.3) is 0 Å². The molecule has 0 saturated carbocycles. The van der Waals surface area contributed by atoms with E-state index in [2.05, 4.69) is 0 Å².